The summed E-state index contributed by atoms with van der Waals surface area (Å²) in [6.45, 7) is 0. The van der Waals surface area contributed by atoms with E-state index in [1.165, 1.54) is 55.4 Å². The van der Waals surface area contributed by atoms with Gasteiger partial charge in [-0.1, -0.05) is 12.8 Å². The van der Waals surface area contributed by atoms with Crippen LogP contribution < -0.4 is 0 Å². The molecular weight excluding hydrogens is 216 g/mol. The number of hydrogen-bond donors (Lipinski definition) is 1. The second-order valence-electron chi connectivity index (χ2n) is 5.34. The van der Waals surface area contributed by atoms with Crippen molar-refractivity contribution < 1.29 is 5.11 Å². The smallest absolute Gasteiger partial charge is 0.0882 e. The molecular formula is C14H20OS. The Hall–Kier alpha value is -0.340. The second-order valence-corrected chi connectivity index (χ2v) is 6.51. The molecule has 0 amide bonds. The van der Waals surface area contributed by atoms with Gasteiger partial charge in [-0.15, -0.1) is 11.3 Å². The summed E-state index contributed by atoms with van der Waals surface area (Å²) in [4.78, 5) is 2.78. The van der Waals surface area contributed by atoms with Gasteiger partial charge in [-0.05, 0) is 56.1 Å². The maximum Gasteiger partial charge on any atom is 0.0882 e. The highest BCUT2D eigenvalue weighted by Gasteiger charge is 2.23. The Morgan fingerprint density at radius 3 is 2.88 bits per heavy atom. The monoisotopic (exact) mass is 236 g/mol. The zero-order valence-corrected chi connectivity index (χ0v) is 10.6. The van der Waals surface area contributed by atoms with Gasteiger partial charge in [0.1, 0.15) is 0 Å². The lowest BCUT2D eigenvalue weighted by molar-refractivity contribution is 0.166. The third-order valence-corrected chi connectivity index (χ3v) is 5.23. The predicted octanol–water partition coefficient (Wildman–Crippen LogP) is 3.85. The van der Waals surface area contributed by atoms with Gasteiger partial charge >= 0.3 is 0 Å². The topological polar surface area (TPSA) is 20.2 Å². The summed E-state index contributed by atoms with van der Waals surface area (Å²) in [5.74, 6) is 0.934. The van der Waals surface area contributed by atoms with Gasteiger partial charge in [0, 0.05) is 9.75 Å². The fourth-order valence-electron chi connectivity index (χ4n) is 2.62. The molecule has 16 heavy (non-hydrogen) atoms. The first-order valence-electron chi connectivity index (χ1n) is 6.62. The van der Waals surface area contributed by atoms with E-state index in [0.29, 0.717) is 0 Å². The van der Waals surface area contributed by atoms with E-state index in [4.69, 9.17) is 0 Å². The van der Waals surface area contributed by atoms with Crippen molar-refractivity contribution in [2.24, 2.45) is 5.92 Å². The van der Waals surface area contributed by atoms with E-state index in [1.807, 2.05) is 11.3 Å². The molecule has 88 valence electrons. The molecule has 1 aromatic heterocycles. The third-order valence-electron chi connectivity index (χ3n) is 3.89. The highest BCUT2D eigenvalue weighted by Crippen LogP contribution is 2.38. The third kappa shape index (κ3) is 2.33. The Labute approximate surface area is 102 Å². The van der Waals surface area contributed by atoms with Gasteiger partial charge in [-0.25, -0.2) is 0 Å². The molecule has 1 fully saturated rings. The average molecular weight is 236 g/mol. The van der Waals surface area contributed by atoms with Gasteiger partial charge < -0.3 is 5.11 Å². The van der Waals surface area contributed by atoms with E-state index in [1.54, 1.807) is 4.88 Å². The molecule has 2 heteroatoms. The maximum atomic E-state index is 10.2. The van der Waals surface area contributed by atoms with Crippen LogP contribution >= 0.6 is 11.3 Å². The Bertz CT molecular complexity index is 341. The normalized spacial score (nSPS) is 21.8. The molecule has 1 N–H and O–H groups in total. The summed E-state index contributed by atoms with van der Waals surface area (Å²) in [7, 11) is 0. The van der Waals surface area contributed by atoms with Gasteiger partial charge in [-0.3, -0.25) is 0 Å². The number of thiophene rings is 1. The van der Waals surface area contributed by atoms with Crippen LogP contribution in [0.1, 0.15) is 59.9 Å². The van der Waals surface area contributed by atoms with Gasteiger partial charge in [0.2, 0.25) is 0 Å². The molecule has 1 unspecified atom stereocenters. The number of rotatable bonds is 4. The summed E-state index contributed by atoms with van der Waals surface area (Å²) in [5, 5.41) is 10.2. The molecule has 0 aliphatic heterocycles. The fraction of sp³-hybridized carbons (Fsp3) is 0.714. The SMILES string of the molecule is OC(CCC1CC1)c1cc2c(s1)CCCC2. The standard InChI is InChI=1S/C14H20OS/c15-12(8-7-10-5-6-10)14-9-11-3-1-2-4-13(11)16-14/h9-10,12,15H,1-8H2. The first-order chi connectivity index (χ1) is 7.83. The largest absolute Gasteiger partial charge is 0.388 e. The van der Waals surface area contributed by atoms with Crippen molar-refractivity contribution in [1.82, 2.24) is 0 Å². The summed E-state index contributed by atoms with van der Waals surface area (Å²) in [6, 6.07) is 2.27. The van der Waals surface area contributed by atoms with Crippen molar-refractivity contribution >= 4 is 11.3 Å². The second kappa shape index (κ2) is 4.50. The number of hydrogen-bond acceptors (Lipinski definition) is 2. The molecule has 1 saturated carbocycles. The molecule has 1 atom stereocenters. The fourth-order valence-corrected chi connectivity index (χ4v) is 3.90. The van der Waals surface area contributed by atoms with Crippen LogP contribution in [0.5, 0.6) is 0 Å². The summed E-state index contributed by atoms with van der Waals surface area (Å²) >= 11 is 1.87. The van der Waals surface area contributed by atoms with Crippen LogP contribution in [0.2, 0.25) is 0 Å². The van der Waals surface area contributed by atoms with Gasteiger partial charge in [-0.2, -0.15) is 0 Å². The van der Waals surface area contributed by atoms with Gasteiger partial charge in [0.05, 0.1) is 6.10 Å². The molecule has 0 saturated heterocycles. The van der Waals surface area contributed by atoms with Crippen LogP contribution in [0, 0.1) is 5.92 Å². The first kappa shape index (κ1) is 10.8. The molecule has 0 aromatic carbocycles. The molecule has 3 rings (SSSR count). The van der Waals surface area contributed by atoms with E-state index >= 15 is 0 Å². The number of aliphatic hydroxyl groups is 1. The molecule has 2 aliphatic carbocycles. The van der Waals surface area contributed by atoms with Crippen LogP contribution in [0.4, 0.5) is 0 Å². The molecule has 2 aliphatic rings. The van der Waals surface area contributed by atoms with Gasteiger partial charge in [0.25, 0.3) is 0 Å². The van der Waals surface area contributed by atoms with Crippen molar-refractivity contribution in [3.63, 3.8) is 0 Å². The van der Waals surface area contributed by atoms with Crippen molar-refractivity contribution in [1.29, 1.82) is 0 Å². The van der Waals surface area contributed by atoms with Crippen molar-refractivity contribution in [3.8, 4) is 0 Å². The lowest BCUT2D eigenvalue weighted by atomic mass is 9.98. The zero-order valence-electron chi connectivity index (χ0n) is 9.74. The summed E-state index contributed by atoms with van der Waals surface area (Å²) < 4.78 is 0. The lowest BCUT2D eigenvalue weighted by Crippen LogP contribution is -1.97. The molecule has 1 aromatic rings. The average Bonchev–Trinajstić information content (AvgIpc) is 3.02. The van der Waals surface area contributed by atoms with Crippen molar-refractivity contribution in [3.05, 3.63) is 21.4 Å². The minimum Gasteiger partial charge on any atom is -0.388 e. The van der Waals surface area contributed by atoms with Gasteiger partial charge in [0.15, 0.2) is 0 Å². The molecule has 0 radical (unpaired) electrons. The molecule has 0 spiro atoms. The van der Waals surface area contributed by atoms with Crippen LogP contribution in [0.15, 0.2) is 6.07 Å². The van der Waals surface area contributed by atoms with E-state index in [2.05, 4.69) is 6.07 Å². The van der Waals surface area contributed by atoms with Crippen LogP contribution in [0.25, 0.3) is 0 Å². The first-order valence-corrected chi connectivity index (χ1v) is 7.44. The van der Waals surface area contributed by atoms with E-state index in [9.17, 15) is 5.11 Å². The Morgan fingerprint density at radius 2 is 2.12 bits per heavy atom. The van der Waals surface area contributed by atoms with Crippen molar-refractivity contribution in [2.75, 3.05) is 0 Å². The van der Waals surface area contributed by atoms with E-state index in [-0.39, 0.29) is 6.10 Å². The minimum atomic E-state index is -0.184. The minimum absolute atomic E-state index is 0.184. The highest BCUT2D eigenvalue weighted by molar-refractivity contribution is 7.12. The quantitative estimate of drug-likeness (QED) is 0.842. The maximum absolute atomic E-state index is 10.2. The summed E-state index contributed by atoms with van der Waals surface area (Å²) in [5.41, 5.74) is 1.52. The Balaban J connectivity index is 1.65. The molecule has 0 bridgehead atoms. The van der Waals surface area contributed by atoms with E-state index in [0.717, 1.165) is 12.3 Å². The van der Waals surface area contributed by atoms with Crippen LogP contribution in [-0.2, 0) is 12.8 Å². The number of aryl methyl sites for hydroxylation is 2. The number of fused-ring (bicyclic) bond motifs is 1. The Morgan fingerprint density at radius 1 is 1.31 bits per heavy atom. The highest BCUT2D eigenvalue weighted by atomic mass is 32.1. The lowest BCUT2D eigenvalue weighted by Gasteiger charge is -2.08. The van der Waals surface area contributed by atoms with Crippen molar-refractivity contribution in [2.45, 2.75) is 57.5 Å². The molecule has 1 heterocycles. The summed E-state index contributed by atoms with van der Waals surface area (Å²) in [6.07, 6.45) is 9.97. The number of aliphatic hydroxyl groups excluding tert-OH is 1. The Kier molecular flexibility index (Phi) is 3.03. The zero-order chi connectivity index (χ0) is 11.0. The van der Waals surface area contributed by atoms with Crippen LogP contribution in [0.3, 0.4) is 0 Å². The predicted molar refractivity (Wildman–Crippen MR) is 67.9 cm³/mol. The van der Waals surface area contributed by atoms with Crippen LogP contribution in [-0.4, -0.2) is 5.11 Å². The molecule has 1 nitrogen and oxygen atoms in total. The van der Waals surface area contributed by atoms with E-state index < -0.39 is 0 Å².